The second kappa shape index (κ2) is 13.2. The van der Waals surface area contributed by atoms with Crippen LogP contribution >= 0.6 is 0 Å². The van der Waals surface area contributed by atoms with Crippen LogP contribution in [0, 0.1) is 5.92 Å². The van der Waals surface area contributed by atoms with Gasteiger partial charge < -0.3 is 31.9 Å². The molecule has 0 saturated heterocycles. The number of rotatable bonds is 13. The Kier molecular flexibility index (Phi) is 11.0. The molecule has 0 heterocycles. The van der Waals surface area contributed by atoms with E-state index in [9.17, 15) is 34.2 Å². The topological polar surface area (TPSA) is 188 Å². The lowest BCUT2D eigenvalue weighted by atomic mass is 10.0. The van der Waals surface area contributed by atoms with Gasteiger partial charge in [0.15, 0.2) is 0 Å². The number of nitrogens with two attached hydrogens (primary N) is 1. The number of benzene rings is 1. The molecule has 4 atom stereocenters. The Morgan fingerprint density at radius 1 is 0.818 bits per heavy atom. The third kappa shape index (κ3) is 10.1. The summed E-state index contributed by atoms with van der Waals surface area (Å²) in [5.74, 6) is -5.00. The Labute approximate surface area is 192 Å². The SMILES string of the molecule is CC(C)CC(NC(=O)C(C)N)C(=O)NC(CC(=O)O)C(=O)NC(Cc1ccccc1)C(=O)O. The first-order valence-electron chi connectivity index (χ1n) is 10.6. The number of aliphatic carboxylic acids is 2. The molecule has 0 aliphatic carbocycles. The largest absolute Gasteiger partial charge is 0.481 e. The fraction of sp³-hybridized carbons (Fsp3) is 0.500. The summed E-state index contributed by atoms with van der Waals surface area (Å²) in [4.78, 5) is 60.4. The van der Waals surface area contributed by atoms with E-state index in [1.807, 2.05) is 13.8 Å². The van der Waals surface area contributed by atoms with E-state index in [-0.39, 0.29) is 18.8 Å². The first kappa shape index (κ1) is 27.6. The second-order valence-electron chi connectivity index (χ2n) is 8.23. The average Bonchev–Trinajstić information content (AvgIpc) is 2.72. The van der Waals surface area contributed by atoms with Crippen molar-refractivity contribution in [2.24, 2.45) is 11.7 Å². The fourth-order valence-corrected chi connectivity index (χ4v) is 2.98. The molecule has 1 aromatic carbocycles. The molecular formula is C22H32N4O7. The van der Waals surface area contributed by atoms with Crippen molar-refractivity contribution >= 4 is 29.7 Å². The van der Waals surface area contributed by atoms with Crippen molar-refractivity contribution < 1.29 is 34.2 Å². The minimum Gasteiger partial charge on any atom is -0.481 e. The molecule has 33 heavy (non-hydrogen) atoms. The highest BCUT2D eigenvalue weighted by molar-refractivity contribution is 5.95. The van der Waals surface area contributed by atoms with Gasteiger partial charge in [-0.15, -0.1) is 0 Å². The number of hydrogen-bond donors (Lipinski definition) is 6. The molecule has 0 saturated carbocycles. The summed E-state index contributed by atoms with van der Waals surface area (Å²) >= 11 is 0. The van der Waals surface area contributed by atoms with Crippen molar-refractivity contribution in [2.45, 2.75) is 64.2 Å². The van der Waals surface area contributed by atoms with Gasteiger partial charge in [-0.2, -0.15) is 0 Å². The van der Waals surface area contributed by atoms with E-state index in [0.717, 1.165) is 0 Å². The maximum atomic E-state index is 12.8. The van der Waals surface area contributed by atoms with E-state index < -0.39 is 60.2 Å². The first-order valence-corrected chi connectivity index (χ1v) is 10.6. The number of carboxylic acids is 2. The molecule has 182 valence electrons. The van der Waals surface area contributed by atoms with Gasteiger partial charge in [0.25, 0.3) is 0 Å². The van der Waals surface area contributed by atoms with Crippen molar-refractivity contribution in [1.29, 1.82) is 0 Å². The lowest BCUT2D eigenvalue weighted by Gasteiger charge is -2.25. The van der Waals surface area contributed by atoms with Crippen molar-refractivity contribution in [3.8, 4) is 0 Å². The number of carbonyl (C=O) groups excluding carboxylic acids is 3. The third-order valence-corrected chi connectivity index (χ3v) is 4.66. The van der Waals surface area contributed by atoms with Crippen LogP contribution in [0.3, 0.4) is 0 Å². The zero-order valence-corrected chi connectivity index (χ0v) is 18.9. The van der Waals surface area contributed by atoms with Crippen molar-refractivity contribution in [3.05, 3.63) is 35.9 Å². The molecular weight excluding hydrogens is 432 g/mol. The van der Waals surface area contributed by atoms with Crippen LogP contribution in [-0.2, 0) is 30.4 Å². The van der Waals surface area contributed by atoms with Crippen molar-refractivity contribution in [1.82, 2.24) is 16.0 Å². The lowest BCUT2D eigenvalue weighted by molar-refractivity contribution is -0.143. The lowest BCUT2D eigenvalue weighted by Crippen LogP contribution is -2.57. The van der Waals surface area contributed by atoms with E-state index in [4.69, 9.17) is 5.73 Å². The fourth-order valence-electron chi connectivity index (χ4n) is 2.98. The van der Waals surface area contributed by atoms with Gasteiger partial charge >= 0.3 is 11.9 Å². The second-order valence-corrected chi connectivity index (χ2v) is 8.23. The molecule has 1 rings (SSSR count). The van der Waals surface area contributed by atoms with Crippen LogP contribution in [0.25, 0.3) is 0 Å². The highest BCUT2D eigenvalue weighted by atomic mass is 16.4. The van der Waals surface area contributed by atoms with Crippen molar-refractivity contribution in [3.63, 3.8) is 0 Å². The Hall–Kier alpha value is -3.47. The van der Waals surface area contributed by atoms with Crippen molar-refractivity contribution in [2.75, 3.05) is 0 Å². The van der Waals surface area contributed by atoms with Gasteiger partial charge in [-0.1, -0.05) is 44.2 Å². The minimum atomic E-state index is -1.55. The highest BCUT2D eigenvalue weighted by Gasteiger charge is 2.31. The highest BCUT2D eigenvalue weighted by Crippen LogP contribution is 2.08. The average molecular weight is 465 g/mol. The molecule has 0 aliphatic heterocycles. The van der Waals surface area contributed by atoms with Gasteiger partial charge in [-0.3, -0.25) is 19.2 Å². The number of amides is 3. The van der Waals surface area contributed by atoms with E-state index in [1.54, 1.807) is 30.3 Å². The summed E-state index contributed by atoms with van der Waals surface area (Å²) in [7, 11) is 0. The van der Waals surface area contributed by atoms with E-state index in [0.29, 0.717) is 5.56 Å². The maximum Gasteiger partial charge on any atom is 0.326 e. The molecule has 0 aromatic heterocycles. The molecule has 0 aliphatic rings. The summed E-state index contributed by atoms with van der Waals surface area (Å²) in [6.07, 6.45) is -0.585. The van der Waals surface area contributed by atoms with Crippen LogP contribution in [0.1, 0.15) is 39.2 Å². The summed E-state index contributed by atoms with van der Waals surface area (Å²) in [6.45, 7) is 5.08. The van der Waals surface area contributed by atoms with E-state index >= 15 is 0 Å². The summed E-state index contributed by atoms with van der Waals surface area (Å²) in [5, 5.41) is 25.8. The van der Waals surface area contributed by atoms with E-state index in [2.05, 4.69) is 16.0 Å². The quantitative estimate of drug-likeness (QED) is 0.228. The van der Waals surface area contributed by atoms with Gasteiger partial charge in [-0.25, -0.2) is 4.79 Å². The smallest absolute Gasteiger partial charge is 0.326 e. The van der Waals surface area contributed by atoms with Gasteiger partial charge in [0.1, 0.15) is 18.1 Å². The molecule has 0 radical (unpaired) electrons. The van der Waals surface area contributed by atoms with Gasteiger partial charge in [-0.05, 0) is 24.8 Å². The molecule has 4 unspecified atom stereocenters. The Balaban J connectivity index is 2.99. The zero-order valence-electron chi connectivity index (χ0n) is 18.9. The Morgan fingerprint density at radius 3 is 1.82 bits per heavy atom. The molecule has 7 N–H and O–H groups in total. The van der Waals surface area contributed by atoms with Crippen LogP contribution in [0.2, 0.25) is 0 Å². The van der Waals surface area contributed by atoms with Crippen LogP contribution < -0.4 is 21.7 Å². The van der Waals surface area contributed by atoms with Crippen LogP contribution in [0.5, 0.6) is 0 Å². The first-order chi connectivity index (χ1) is 15.4. The van der Waals surface area contributed by atoms with Crippen LogP contribution in [0.4, 0.5) is 0 Å². The molecule has 11 heteroatoms. The van der Waals surface area contributed by atoms with Gasteiger partial charge in [0, 0.05) is 6.42 Å². The van der Waals surface area contributed by atoms with Gasteiger partial charge in [0.05, 0.1) is 12.5 Å². The summed E-state index contributed by atoms with van der Waals surface area (Å²) in [5.41, 5.74) is 6.19. The number of hydrogen-bond acceptors (Lipinski definition) is 6. The number of carboxylic acid groups (broad SMARTS) is 2. The standard InChI is InChI=1S/C22H32N4O7/c1-12(2)9-15(24-19(29)13(3)23)20(30)25-16(11-18(27)28)21(31)26-17(22(32)33)10-14-7-5-4-6-8-14/h4-8,12-13,15-17H,9-11,23H2,1-3H3,(H,24,29)(H,25,30)(H,26,31)(H,27,28)(H,32,33). The molecule has 1 aromatic rings. The summed E-state index contributed by atoms with van der Waals surface area (Å²) in [6, 6.07) is 3.77. The van der Waals surface area contributed by atoms with Gasteiger partial charge in [0.2, 0.25) is 17.7 Å². The molecule has 11 nitrogen and oxygen atoms in total. The predicted octanol–water partition coefficient (Wildman–Crippen LogP) is -0.364. The normalized spacial score (nSPS) is 14.5. The third-order valence-electron chi connectivity index (χ3n) is 4.66. The minimum absolute atomic E-state index is 0.0110. The molecule has 0 bridgehead atoms. The molecule has 0 fully saturated rings. The number of carbonyl (C=O) groups is 5. The summed E-state index contributed by atoms with van der Waals surface area (Å²) < 4.78 is 0. The van der Waals surface area contributed by atoms with Crippen LogP contribution in [-0.4, -0.2) is 64.0 Å². The maximum absolute atomic E-state index is 12.8. The van der Waals surface area contributed by atoms with Crippen LogP contribution in [0.15, 0.2) is 30.3 Å². The Bertz CT molecular complexity index is 842. The molecule has 0 spiro atoms. The van der Waals surface area contributed by atoms with E-state index in [1.165, 1.54) is 6.92 Å². The monoisotopic (exact) mass is 464 g/mol. The predicted molar refractivity (Wildman–Crippen MR) is 119 cm³/mol. The zero-order chi connectivity index (χ0) is 25.1. The number of nitrogens with one attached hydrogen (secondary N) is 3. The molecule has 3 amide bonds. The Morgan fingerprint density at radius 2 is 1.33 bits per heavy atom.